The molecule has 0 radical (unpaired) electrons. The lowest BCUT2D eigenvalue weighted by atomic mass is 10.1. The number of carbonyl (C=O) groups is 1. The third-order valence-corrected chi connectivity index (χ3v) is 3.46. The summed E-state index contributed by atoms with van der Waals surface area (Å²) in [4.78, 5) is 16.0. The van der Waals surface area contributed by atoms with E-state index in [1.165, 1.54) is 12.3 Å². The Morgan fingerprint density at radius 1 is 1.23 bits per heavy atom. The Hall–Kier alpha value is -2.73. The summed E-state index contributed by atoms with van der Waals surface area (Å²) >= 11 is 6.17. The van der Waals surface area contributed by atoms with Crippen molar-refractivity contribution < 1.29 is 23.4 Å². The maximum atomic E-state index is 11.9. The highest BCUT2D eigenvalue weighted by molar-refractivity contribution is 6.32. The third kappa shape index (κ3) is 2.14. The van der Waals surface area contributed by atoms with E-state index in [2.05, 4.69) is 4.99 Å². The first-order chi connectivity index (χ1) is 10.7. The van der Waals surface area contributed by atoms with Crippen molar-refractivity contribution >= 4 is 29.5 Å². The highest BCUT2D eigenvalue weighted by Gasteiger charge is 2.26. The van der Waals surface area contributed by atoms with E-state index < -0.39 is 5.97 Å². The topological polar surface area (TPSA) is 70.3 Å². The zero-order valence-corrected chi connectivity index (χ0v) is 11.8. The Morgan fingerprint density at radius 3 is 2.82 bits per heavy atom. The number of rotatable bonds is 2. The van der Waals surface area contributed by atoms with Crippen molar-refractivity contribution in [2.75, 3.05) is 6.79 Å². The molecule has 22 heavy (non-hydrogen) atoms. The molecule has 0 N–H and O–H groups in total. The summed E-state index contributed by atoms with van der Waals surface area (Å²) in [5.41, 5.74) is 0.717. The largest absolute Gasteiger partial charge is 0.459 e. The van der Waals surface area contributed by atoms with Gasteiger partial charge in [0.1, 0.15) is 0 Å². The molecule has 4 rings (SSSR count). The van der Waals surface area contributed by atoms with Crippen molar-refractivity contribution in [2.45, 2.75) is 0 Å². The summed E-state index contributed by atoms with van der Waals surface area (Å²) < 4.78 is 20.7. The number of halogens is 1. The lowest BCUT2D eigenvalue weighted by Crippen LogP contribution is -2.04. The van der Waals surface area contributed by atoms with Gasteiger partial charge in [0.2, 0.25) is 6.79 Å². The molecule has 0 aliphatic carbocycles. The van der Waals surface area contributed by atoms with E-state index in [1.54, 1.807) is 24.3 Å². The minimum absolute atomic E-state index is 0.123. The molecule has 1 aromatic heterocycles. The van der Waals surface area contributed by atoms with Gasteiger partial charge in [-0.3, -0.25) is 0 Å². The van der Waals surface area contributed by atoms with Crippen molar-refractivity contribution in [3.05, 3.63) is 52.6 Å². The van der Waals surface area contributed by atoms with Crippen LogP contribution in [-0.4, -0.2) is 18.7 Å². The fraction of sp³-hybridized carbons (Fsp3) is 0.0667. The third-order valence-electron chi connectivity index (χ3n) is 3.14. The molecule has 0 atom stereocenters. The number of ether oxygens (including phenoxy) is 3. The van der Waals surface area contributed by atoms with Crippen LogP contribution in [0.25, 0.3) is 6.08 Å². The minimum atomic E-state index is -0.569. The van der Waals surface area contributed by atoms with Gasteiger partial charge >= 0.3 is 5.97 Å². The van der Waals surface area contributed by atoms with E-state index in [-0.39, 0.29) is 18.4 Å². The predicted octanol–water partition coefficient (Wildman–Crippen LogP) is 3.01. The van der Waals surface area contributed by atoms with Crippen LogP contribution in [0.3, 0.4) is 0 Å². The van der Waals surface area contributed by atoms with Crippen LogP contribution in [0.2, 0.25) is 5.02 Å². The maximum absolute atomic E-state index is 11.9. The second-order valence-electron chi connectivity index (χ2n) is 4.54. The summed E-state index contributed by atoms with van der Waals surface area (Å²) in [7, 11) is 0. The van der Waals surface area contributed by atoms with Crippen LogP contribution in [-0.2, 0) is 9.53 Å². The summed E-state index contributed by atoms with van der Waals surface area (Å²) in [5, 5.41) is 0.422. The number of nitrogens with zero attached hydrogens (tertiary/aromatic N) is 1. The van der Waals surface area contributed by atoms with Crippen LogP contribution in [0, 0.1) is 0 Å². The molecular formula is C15H8ClNO5. The number of carbonyl (C=O) groups excluding carboxylic acids is 1. The van der Waals surface area contributed by atoms with Crippen LogP contribution in [0.4, 0.5) is 0 Å². The minimum Gasteiger partial charge on any atom is -0.459 e. The number of fused-ring (bicyclic) bond motifs is 1. The van der Waals surface area contributed by atoms with E-state index in [4.69, 9.17) is 30.2 Å². The second-order valence-corrected chi connectivity index (χ2v) is 4.95. The predicted molar refractivity (Wildman–Crippen MR) is 76.9 cm³/mol. The van der Waals surface area contributed by atoms with Crippen molar-refractivity contribution in [3.63, 3.8) is 0 Å². The Kier molecular flexibility index (Phi) is 2.90. The van der Waals surface area contributed by atoms with Crippen molar-refractivity contribution in [2.24, 2.45) is 4.99 Å². The Bertz CT molecular complexity index is 823. The molecule has 0 saturated heterocycles. The second kappa shape index (κ2) is 4.92. The first-order valence-corrected chi connectivity index (χ1v) is 6.74. The van der Waals surface area contributed by atoms with Gasteiger partial charge in [-0.15, -0.1) is 0 Å². The zero-order chi connectivity index (χ0) is 15.1. The molecule has 0 spiro atoms. The monoisotopic (exact) mass is 317 g/mol. The van der Waals surface area contributed by atoms with E-state index >= 15 is 0 Å². The van der Waals surface area contributed by atoms with Gasteiger partial charge in [0, 0.05) is 6.07 Å². The Labute approximate surface area is 129 Å². The number of esters is 1. The lowest BCUT2D eigenvalue weighted by Gasteiger charge is -2.01. The van der Waals surface area contributed by atoms with Gasteiger partial charge in [0.15, 0.2) is 23.0 Å². The molecule has 110 valence electrons. The Balaban J connectivity index is 1.72. The number of hydrogen-bond acceptors (Lipinski definition) is 6. The fourth-order valence-corrected chi connectivity index (χ4v) is 2.31. The summed E-state index contributed by atoms with van der Waals surface area (Å²) in [6, 6.07) is 6.66. The van der Waals surface area contributed by atoms with Crippen LogP contribution >= 0.6 is 11.6 Å². The van der Waals surface area contributed by atoms with Gasteiger partial charge < -0.3 is 18.6 Å². The average molecular weight is 318 g/mol. The molecule has 0 bridgehead atoms. The number of benzene rings is 1. The fourth-order valence-electron chi connectivity index (χ4n) is 2.11. The molecule has 7 heteroatoms. The molecule has 0 saturated carbocycles. The normalized spacial score (nSPS) is 17.8. The van der Waals surface area contributed by atoms with Crippen molar-refractivity contribution in [1.82, 2.24) is 0 Å². The summed E-state index contributed by atoms with van der Waals surface area (Å²) in [6.07, 6.45) is 3.00. The first kappa shape index (κ1) is 13.0. The first-order valence-electron chi connectivity index (χ1n) is 6.36. The average Bonchev–Trinajstić information content (AvgIpc) is 3.21. The molecule has 2 aliphatic rings. The van der Waals surface area contributed by atoms with E-state index in [0.29, 0.717) is 27.8 Å². The molecule has 2 aromatic rings. The van der Waals surface area contributed by atoms with Gasteiger partial charge in [-0.2, -0.15) is 0 Å². The molecule has 3 heterocycles. The van der Waals surface area contributed by atoms with E-state index in [9.17, 15) is 4.79 Å². The summed E-state index contributed by atoms with van der Waals surface area (Å²) in [5.74, 6) is 1.07. The van der Waals surface area contributed by atoms with Gasteiger partial charge in [0.25, 0.3) is 5.90 Å². The van der Waals surface area contributed by atoms with Gasteiger partial charge in [-0.1, -0.05) is 11.6 Å². The van der Waals surface area contributed by atoms with Crippen molar-refractivity contribution in [3.8, 4) is 11.5 Å². The highest BCUT2D eigenvalue weighted by atomic mass is 35.5. The van der Waals surface area contributed by atoms with E-state index in [1.807, 2.05) is 0 Å². The molecule has 1 aromatic carbocycles. The van der Waals surface area contributed by atoms with Gasteiger partial charge in [-0.25, -0.2) is 9.79 Å². The standard InChI is InChI=1S/C15H8ClNO5/c16-9-6-13-12(20-7-21-13)5-8(9)4-10-15(18)22-14(17-10)11-2-1-3-19-11/h1-6H,7H2/b10-4-. The molecule has 0 amide bonds. The molecule has 0 fully saturated rings. The number of aliphatic imine (C=N–C) groups is 1. The molecule has 0 unspecified atom stereocenters. The smallest absolute Gasteiger partial charge is 0.363 e. The zero-order valence-electron chi connectivity index (χ0n) is 11.0. The lowest BCUT2D eigenvalue weighted by molar-refractivity contribution is -0.130. The number of hydrogen-bond donors (Lipinski definition) is 0. The quantitative estimate of drug-likeness (QED) is 0.629. The van der Waals surface area contributed by atoms with Crippen LogP contribution in [0.5, 0.6) is 11.5 Å². The SMILES string of the molecule is O=C1OC(c2ccco2)=N/C1=C\c1cc2c(cc1Cl)OCO2. The van der Waals surface area contributed by atoms with Crippen molar-refractivity contribution in [1.29, 1.82) is 0 Å². The van der Waals surface area contributed by atoms with Crippen LogP contribution in [0.15, 0.2) is 45.6 Å². The number of furan rings is 1. The summed E-state index contributed by atoms with van der Waals surface area (Å²) in [6.45, 7) is 0.147. The number of cyclic esters (lactones) is 1. The van der Waals surface area contributed by atoms with Crippen LogP contribution < -0.4 is 9.47 Å². The molecular weight excluding hydrogens is 310 g/mol. The molecule has 2 aliphatic heterocycles. The van der Waals surface area contributed by atoms with Crippen LogP contribution in [0.1, 0.15) is 11.3 Å². The van der Waals surface area contributed by atoms with Gasteiger partial charge in [0.05, 0.1) is 11.3 Å². The van der Waals surface area contributed by atoms with E-state index in [0.717, 1.165) is 0 Å². The molecule has 6 nitrogen and oxygen atoms in total. The highest BCUT2D eigenvalue weighted by Crippen LogP contribution is 2.37. The maximum Gasteiger partial charge on any atom is 0.363 e. The van der Waals surface area contributed by atoms with Gasteiger partial charge in [-0.05, 0) is 29.8 Å². The Morgan fingerprint density at radius 2 is 2.05 bits per heavy atom.